The van der Waals surface area contributed by atoms with Gasteiger partial charge in [0.05, 0.1) is 4.92 Å². The third-order valence-corrected chi connectivity index (χ3v) is 3.40. The minimum Gasteiger partial charge on any atom is -0.450 e. The molecule has 0 aromatic heterocycles. The van der Waals surface area contributed by atoms with Crippen LogP contribution in [0.15, 0.2) is 40.9 Å². The van der Waals surface area contributed by atoms with Gasteiger partial charge < -0.3 is 4.74 Å². The number of rotatable bonds is 4. The lowest BCUT2D eigenvalue weighted by Crippen LogP contribution is -1.96. The lowest BCUT2D eigenvalue weighted by Gasteiger charge is -2.08. The number of ether oxygens (including phenoxy) is 1. The standard InChI is InChI=1S/C14H10BrNO4/c1-9-3-2-4-13(14(9)16(18)19)20-11-6-5-10(8-17)12(15)7-11/h2-8H,1H3. The van der Waals surface area contributed by atoms with Crippen LogP contribution in [0.3, 0.4) is 0 Å². The fraction of sp³-hybridized carbons (Fsp3) is 0.0714. The highest BCUT2D eigenvalue weighted by Crippen LogP contribution is 2.34. The Balaban J connectivity index is 2.40. The van der Waals surface area contributed by atoms with Crippen molar-refractivity contribution in [2.45, 2.75) is 6.92 Å². The van der Waals surface area contributed by atoms with Crippen molar-refractivity contribution in [3.05, 3.63) is 62.1 Å². The number of nitro benzene ring substituents is 1. The van der Waals surface area contributed by atoms with Gasteiger partial charge >= 0.3 is 5.69 Å². The number of benzene rings is 2. The summed E-state index contributed by atoms with van der Waals surface area (Å²) < 4.78 is 6.11. The molecule has 2 rings (SSSR count). The van der Waals surface area contributed by atoms with Crippen LogP contribution in [-0.2, 0) is 0 Å². The fourth-order valence-electron chi connectivity index (χ4n) is 1.74. The van der Waals surface area contributed by atoms with Gasteiger partial charge in [-0.15, -0.1) is 0 Å². The molecule has 0 radical (unpaired) electrons. The molecule has 102 valence electrons. The third-order valence-electron chi connectivity index (χ3n) is 2.71. The van der Waals surface area contributed by atoms with Gasteiger partial charge in [0.25, 0.3) is 0 Å². The van der Waals surface area contributed by atoms with Crippen molar-refractivity contribution in [1.82, 2.24) is 0 Å². The molecule has 0 saturated carbocycles. The average molecular weight is 336 g/mol. The Labute approximate surface area is 123 Å². The molecule has 0 saturated heterocycles. The number of nitro groups is 1. The minimum atomic E-state index is -0.473. The molecule has 2 aromatic rings. The molecule has 2 aromatic carbocycles. The van der Waals surface area contributed by atoms with Crippen LogP contribution in [0.1, 0.15) is 15.9 Å². The molecule has 0 N–H and O–H groups in total. The largest absolute Gasteiger partial charge is 0.450 e. The summed E-state index contributed by atoms with van der Waals surface area (Å²) in [6.45, 7) is 1.65. The van der Waals surface area contributed by atoms with Crippen LogP contribution in [-0.4, -0.2) is 11.2 Å². The van der Waals surface area contributed by atoms with Crippen LogP contribution < -0.4 is 4.74 Å². The van der Waals surface area contributed by atoms with Crippen molar-refractivity contribution < 1.29 is 14.5 Å². The molecule has 0 amide bonds. The van der Waals surface area contributed by atoms with E-state index in [4.69, 9.17) is 4.74 Å². The second-order valence-corrected chi connectivity index (χ2v) is 4.94. The summed E-state index contributed by atoms with van der Waals surface area (Å²) in [5.41, 5.74) is 0.940. The van der Waals surface area contributed by atoms with Gasteiger partial charge in [-0.25, -0.2) is 0 Å². The van der Waals surface area contributed by atoms with Crippen molar-refractivity contribution in [3.63, 3.8) is 0 Å². The van der Waals surface area contributed by atoms with E-state index in [1.807, 2.05) is 0 Å². The van der Waals surface area contributed by atoms with Gasteiger partial charge in [0.15, 0.2) is 6.29 Å². The number of hydrogen-bond donors (Lipinski definition) is 0. The maximum atomic E-state index is 11.1. The molecule has 0 aliphatic carbocycles. The summed E-state index contributed by atoms with van der Waals surface area (Å²) in [5, 5.41) is 11.1. The van der Waals surface area contributed by atoms with Crippen molar-refractivity contribution in [3.8, 4) is 11.5 Å². The van der Waals surface area contributed by atoms with E-state index in [0.717, 1.165) is 0 Å². The smallest absolute Gasteiger partial charge is 0.314 e. The maximum absolute atomic E-state index is 11.1. The first kappa shape index (κ1) is 14.2. The fourth-order valence-corrected chi connectivity index (χ4v) is 2.19. The zero-order valence-corrected chi connectivity index (χ0v) is 12.1. The van der Waals surface area contributed by atoms with Gasteiger partial charge in [-0.2, -0.15) is 0 Å². The van der Waals surface area contributed by atoms with Crippen LogP contribution in [0.5, 0.6) is 11.5 Å². The minimum absolute atomic E-state index is 0.0666. The van der Waals surface area contributed by atoms with E-state index in [-0.39, 0.29) is 11.4 Å². The van der Waals surface area contributed by atoms with Crippen LogP contribution in [0.25, 0.3) is 0 Å². The van der Waals surface area contributed by atoms with E-state index >= 15 is 0 Å². The molecule has 20 heavy (non-hydrogen) atoms. The van der Waals surface area contributed by atoms with Crippen molar-refractivity contribution in [2.75, 3.05) is 0 Å². The summed E-state index contributed by atoms with van der Waals surface area (Å²) in [6.07, 6.45) is 0.711. The summed E-state index contributed by atoms with van der Waals surface area (Å²) >= 11 is 3.24. The topological polar surface area (TPSA) is 69.4 Å². The highest BCUT2D eigenvalue weighted by Gasteiger charge is 2.18. The first-order valence-corrected chi connectivity index (χ1v) is 6.49. The average Bonchev–Trinajstić information content (AvgIpc) is 2.38. The van der Waals surface area contributed by atoms with Gasteiger partial charge in [-0.3, -0.25) is 14.9 Å². The van der Waals surface area contributed by atoms with Gasteiger partial charge in [0.1, 0.15) is 5.75 Å². The SMILES string of the molecule is Cc1cccc(Oc2ccc(C=O)c(Br)c2)c1[N+](=O)[O-]. The number of nitrogens with zero attached hydrogens (tertiary/aromatic N) is 1. The zero-order chi connectivity index (χ0) is 14.7. The van der Waals surface area contributed by atoms with E-state index in [1.54, 1.807) is 37.3 Å². The third kappa shape index (κ3) is 2.85. The van der Waals surface area contributed by atoms with Gasteiger partial charge in [-0.05, 0) is 47.1 Å². The Kier molecular flexibility index (Phi) is 4.14. The van der Waals surface area contributed by atoms with E-state index in [1.165, 1.54) is 6.07 Å². The molecule has 0 spiro atoms. The highest BCUT2D eigenvalue weighted by atomic mass is 79.9. The van der Waals surface area contributed by atoms with Crippen molar-refractivity contribution in [2.24, 2.45) is 0 Å². The zero-order valence-electron chi connectivity index (χ0n) is 10.5. The Bertz CT molecular complexity index is 685. The second kappa shape index (κ2) is 5.83. The predicted molar refractivity (Wildman–Crippen MR) is 77.4 cm³/mol. The van der Waals surface area contributed by atoms with Gasteiger partial charge in [0.2, 0.25) is 5.75 Å². The Morgan fingerprint density at radius 2 is 2.05 bits per heavy atom. The van der Waals surface area contributed by atoms with Crippen LogP contribution in [0, 0.1) is 17.0 Å². The maximum Gasteiger partial charge on any atom is 0.314 e. The van der Waals surface area contributed by atoms with Crippen molar-refractivity contribution in [1.29, 1.82) is 0 Å². The predicted octanol–water partition coefficient (Wildman–Crippen LogP) is 4.27. The normalized spacial score (nSPS) is 10.1. The van der Waals surface area contributed by atoms with Gasteiger partial charge in [-0.1, -0.05) is 12.1 Å². The van der Waals surface area contributed by atoms with Crippen LogP contribution >= 0.6 is 15.9 Å². The Morgan fingerprint density at radius 3 is 2.65 bits per heavy atom. The first-order chi connectivity index (χ1) is 9.52. The summed E-state index contributed by atoms with van der Waals surface area (Å²) in [5.74, 6) is 0.580. The molecule has 6 heteroatoms. The molecule has 5 nitrogen and oxygen atoms in total. The first-order valence-electron chi connectivity index (χ1n) is 5.69. The molecule has 0 aliphatic heterocycles. The number of para-hydroxylation sites is 1. The quantitative estimate of drug-likeness (QED) is 0.475. The molecule has 0 unspecified atom stereocenters. The van der Waals surface area contributed by atoms with E-state index < -0.39 is 4.92 Å². The second-order valence-electron chi connectivity index (χ2n) is 4.08. The number of hydrogen-bond acceptors (Lipinski definition) is 4. The Hall–Kier alpha value is -2.21. The lowest BCUT2D eigenvalue weighted by molar-refractivity contribution is -0.386. The number of aldehydes is 1. The molecular weight excluding hydrogens is 326 g/mol. The number of aryl methyl sites for hydroxylation is 1. The Morgan fingerprint density at radius 1 is 1.30 bits per heavy atom. The highest BCUT2D eigenvalue weighted by molar-refractivity contribution is 9.10. The van der Waals surface area contributed by atoms with Crippen LogP contribution in [0.4, 0.5) is 5.69 Å². The number of carbonyl (C=O) groups excluding carboxylic acids is 1. The number of halogens is 1. The van der Waals surface area contributed by atoms with E-state index in [2.05, 4.69) is 15.9 Å². The van der Waals surface area contributed by atoms with E-state index in [0.29, 0.717) is 27.6 Å². The van der Waals surface area contributed by atoms with Crippen molar-refractivity contribution >= 4 is 27.9 Å². The van der Waals surface area contributed by atoms with Gasteiger partial charge in [0, 0.05) is 15.6 Å². The summed E-state index contributed by atoms with van der Waals surface area (Å²) in [6, 6.07) is 9.62. The van der Waals surface area contributed by atoms with Crippen LogP contribution in [0.2, 0.25) is 0 Å². The molecule has 0 heterocycles. The molecule has 0 bridgehead atoms. The summed E-state index contributed by atoms with van der Waals surface area (Å²) in [4.78, 5) is 21.3. The number of carbonyl (C=O) groups is 1. The molecule has 0 fully saturated rings. The molecular formula is C14H10BrNO4. The molecule has 0 aliphatic rings. The lowest BCUT2D eigenvalue weighted by atomic mass is 10.2. The summed E-state index contributed by atoms with van der Waals surface area (Å²) in [7, 11) is 0. The monoisotopic (exact) mass is 335 g/mol. The molecule has 0 atom stereocenters. The van der Waals surface area contributed by atoms with E-state index in [9.17, 15) is 14.9 Å².